The quantitative estimate of drug-likeness (QED) is 0.630. The summed E-state index contributed by atoms with van der Waals surface area (Å²) in [5.41, 5.74) is 0. The van der Waals surface area contributed by atoms with Gasteiger partial charge in [-0.15, -0.1) is 11.6 Å². The highest BCUT2D eigenvalue weighted by Crippen LogP contribution is 2.54. The molecular formula is C12H18ClNO. The Morgan fingerprint density at radius 2 is 1.93 bits per heavy atom. The van der Waals surface area contributed by atoms with Gasteiger partial charge in [0.1, 0.15) is 0 Å². The molecule has 0 aromatic carbocycles. The minimum absolute atomic E-state index is 0.193. The molecule has 3 aliphatic rings. The first-order valence-corrected chi connectivity index (χ1v) is 6.60. The second-order valence-electron chi connectivity index (χ2n) is 5.45. The van der Waals surface area contributed by atoms with Gasteiger partial charge in [0.15, 0.2) is 0 Å². The largest absolute Gasteiger partial charge is 0.341 e. The van der Waals surface area contributed by atoms with Gasteiger partial charge >= 0.3 is 0 Å². The van der Waals surface area contributed by atoms with Crippen LogP contribution < -0.4 is 0 Å². The van der Waals surface area contributed by atoms with Gasteiger partial charge in [-0.2, -0.15) is 0 Å². The molecule has 0 aromatic heterocycles. The maximum absolute atomic E-state index is 12.2. The third kappa shape index (κ3) is 1.89. The van der Waals surface area contributed by atoms with Crippen LogP contribution in [-0.4, -0.2) is 29.3 Å². The van der Waals surface area contributed by atoms with E-state index in [9.17, 15) is 4.79 Å². The first-order valence-electron chi connectivity index (χ1n) is 6.17. The number of carbonyl (C=O) groups excluding carboxylic acids is 1. The normalized spacial score (nSPS) is 43.9. The van der Waals surface area contributed by atoms with Gasteiger partial charge in [-0.1, -0.05) is 0 Å². The highest BCUT2D eigenvalue weighted by molar-refractivity contribution is 6.20. The van der Waals surface area contributed by atoms with Crippen molar-refractivity contribution in [3.8, 4) is 0 Å². The van der Waals surface area contributed by atoms with E-state index in [4.69, 9.17) is 11.6 Å². The number of likely N-dealkylation sites (tertiary alicyclic amines) is 1. The monoisotopic (exact) mass is 227 g/mol. The molecule has 3 rings (SSSR count). The first kappa shape index (κ1) is 9.95. The Morgan fingerprint density at radius 1 is 1.20 bits per heavy atom. The zero-order valence-corrected chi connectivity index (χ0v) is 9.75. The predicted octanol–water partition coefficient (Wildman–Crippen LogP) is 2.26. The maximum Gasteiger partial charge on any atom is 0.225 e. The molecule has 3 atom stereocenters. The lowest BCUT2D eigenvalue weighted by Gasteiger charge is -2.32. The van der Waals surface area contributed by atoms with Crippen molar-refractivity contribution in [3.05, 3.63) is 0 Å². The Bertz CT molecular complexity index is 271. The maximum atomic E-state index is 12.2. The Morgan fingerprint density at radius 3 is 2.60 bits per heavy atom. The Balaban J connectivity index is 1.59. The van der Waals surface area contributed by atoms with Crippen molar-refractivity contribution in [3.63, 3.8) is 0 Å². The summed E-state index contributed by atoms with van der Waals surface area (Å²) < 4.78 is 0. The van der Waals surface area contributed by atoms with Crippen LogP contribution >= 0.6 is 11.6 Å². The van der Waals surface area contributed by atoms with Gasteiger partial charge in [0.25, 0.3) is 0 Å². The lowest BCUT2D eigenvalue weighted by atomic mass is 10.00. The molecule has 1 amide bonds. The van der Waals surface area contributed by atoms with E-state index in [0.29, 0.717) is 11.8 Å². The molecule has 0 bridgehead atoms. The van der Waals surface area contributed by atoms with E-state index in [1.165, 1.54) is 6.42 Å². The van der Waals surface area contributed by atoms with Gasteiger partial charge < -0.3 is 4.90 Å². The average molecular weight is 228 g/mol. The smallest absolute Gasteiger partial charge is 0.225 e. The Hall–Kier alpha value is -0.240. The first-order chi connectivity index (χ1) is 7.24. The number of halogens is 1. The van der Waals surface area contributed by atoms with Crippen LogP contribution in [0.3, 0.4) is 0 Å². The highest BCUT2D eigenvalue weighted by Gasteiger charge is 2.48. The summed E-state index contributed by atoms with van der Waals surface area (Å²) in [5.74, 6) is 2.54. The van der Waals surface area contributed by atoms with Crippen molar-refractivity contribution in [2.75, 3.05) is 13.1 Å². The van der Waals surface area contributed by atoms with Crippen molar-refractivity contribution in [2.24, 2.45) is 17.8 Å². The van der Waals surface area contributed by atoms with Crippen LogP contribution in [0.2, 0.25) is 0 Å². The Kier molecular flexibility index (Phi) is 2.42. The van der Waals surface area contributed by atoms with Crippen molar-refractivity contribution in [1.82, 2.24) is 4.90 Å². The number of piperidine rings is 1. The topological polar surface area (TPSA) is 20.3 Å². The number of carbonyl (C=O) groups is 1. The lowest BCUT2D eigenvalue weighted by Crippen LogP contribution is -2.43. The van der Waals surface area contributed by atoms with Gasteiger partial charge in [-0.05, 0) is 43.9 Å². The summed E-state index contributed by atoms with van der Waals surface area (Å²) in [6.45, 7) is 1.72. The summed E-state index contributed by atoms with van der Waals surface area (Å²) in [6, 6.07) is 0. The number of hydrogen-bond donors (Lipinski definition) is 0. The molecule has 0 N–H and O–H groups in total. The summed E-state index contributed by atoms with van der Waals surface area (Å²) in [4.78, 5) is 14.2. The molecule has 84 valence electrons. The standard InChI is InChI=1S/C12H18ClNO/c13-11-2-1-3-14(7-11)12(15)10-5-8-4-9(8)6-10/h8-11H,1-7H2. The van der Waals surface area contributed by atoms with Gasteiger partial charge in [0, 0.05) is 19.0 Å². The molecule has 1 saturated heterocycles. The summed E-state index contributed by atoms with van der Waals surface area (Å²) in [7, 11) is 0. The van der Waals surface area contributed by atoms with Gasteiger partial charge in [-0.3, -0.25) is 4.79 Å². The molecule has 0 aromatic rings. The number of rotatable bonds is 1. The highest BCUT2D eigenvalue weighted by atomic mass is 35.5. The van der Waals surface area contributed by atoms with E-state index in [2.05, 4.69) is 0 Å². The fraction of sp³-hybridized carbons (Fsp3) is 0.917. The Labute approximate surface area is 96.0 Å². The molecule has 3 heteroatoms. The second-order valence-corrected chi connectivity index (χ2v) is 6.07. The fourth-order valence-corrected chi connectivity index (χ4v) is 3.62. The average Bonchev–Trinajstić information content (AvgIpc) is 2.85. The van der Waals surface area contributed by atoms with E-state index in [-0.39, 0.29) is 5.38 Å². The van der Waals surface area contributed by atoms with Crippen LogP contribution in [0.5, 0.6) is 0 Å². The molecule has 15 heavy (non-hydrogen) atoms. The molecule has 0 spiro atoms. The molecule has 2 nitrogen and oxygen atoms in total. The van der Waals surface area contributed by atoms with E-state index in [1.54, 1.807) is 0 Å². The zero-order valence-electron chi connectivity index (χ0n) is 8.99. The summed E-state index contributed by atoms with van der Waals surface area (Å²) in [6.07, 6.45) is 5.86. The van der Waals surface area contributed by atoms with Crippen molar-refractivity contribution >= 4 is 17.5 Å². The van der Waals surface area contributed by atoms with Crippen LogP contribution in [-0.2, 0) is 4.79 Å². The molecule has 1 aliphatic heterocycles. The van der Waals surface area contributed by atoms with E-state index in [0.717, 1.165) is 50.6 Å². The number of nitrogens with zero attached hydrogens (tertiary/aromatic N) is 1. The predicted molar refractivity (Wildman–Crippen MR) is 59.8 cm³/mol. The SMILES string of the molecule is O=C(C1CC2CC2C1)N1CCCC(Cl)C1. The molecule has 2 aliphatic carbocycles. The van der Waals surface area contributed by atoms with E-state index < -0.39 is 0 Å². The van der Waals surface area contributed by atoms with Gasteiger partial charge in [-0.25, -0.2) is 0 Å². The lowest BCUT2D eigenvalue weighted by molar-refractivity contribution is -0.136. The van der Waals surface area contributed by atoms with E-state index >= 15 is 0 Å². The molecule has 3 fully saturated rings. The summed E-state index contributed by atoms with van der Waals surface area (Å²) >= 11 is 6.11. The summed E-state index contributed by atoms with van der Waals surface area (Å²) in [5, 5.41) is 0.193. The molecule has 2 saturated carbocycles. The van der Waals surface area contributed by atoms with Crippen molar-refractivity contribution in [2.45, 2.75) is 37.5 Å². The second kappa shape index (κ2) is 3.65. The van der Waals surface area contributed by atoms with Crippen LogP contribution in [0.15, 0.2) is 0 Å². The fourth-order valence-electron chi connectivity index (χ4n) is 3.30. The van der Waals surface area contributed by atoms with Crippen molar-refractivity contribution in [1.29, 1.82) is 0 Å². The van der Waals surface area contributed by atoms with Crippen LogP contribution in [0.4, 0.5) is 0 Å². The van der Waals surface area contributed by atoms with Gasteiger partial charge in [0.2, 0.25) is 5.91 Å². The zero-order chi connectivity index (χ0) is 10.4. The third-order valence-corrected chi connectivity index (χ3v) is 4.62. The number of alkyl halides is 1. The molecule has 0 radical (unpaired) electrons. The van der Waals surface area contributed by atoms with Crippen LogP contribution in [0, 0.1) is 17.8 Å². The molecular weight excluding hydrogens is 210 g/mol. The molecule has 3 unspecified atom stereocenters. The van der Waals surface area contributed by atoms with Crippen molar-refractivity contribution < 1.29 is 4.79 Å². The van der Waals surface area contributed by atoms with Gasteiger partial charge in [0.05, 0.1) is 5.38 Å². The third-order valence-electron chi connectivity index (χ3n) is 4.27. The van der Waals surface area contributed by atoms with Crippen LogP contribution in [0.1, 0.15) is 32.1 Å². The number of amides is 1. The molecule has 1 heterocycles. The minimum Gasteiger partial charge on any atom is -0.341 e. The van der Waals surface area contributed by atoms with Crippen LogP contribution in [0.25, 0.3) is 0 Å². The number of fused-ring (bicyclic) bond motifs is 1. The minimum atomic E-state index is 0.193. The number of hydrogen-bond acceptors (Lipinski definition) is 1. The van der Waals surface area contributed by atoms with E-state index in [1.807, 2.05) is 4.90 Å².